The summed E-state index contributed by atoms with van der Waals surface area (Å²) in [7, 11) is 3.36. The molecule has 0 aliphatic rings. The van der Waals surface area contributed by atoms with E-state index in [0.717, 1.165) is 5.56 Å². The van der Waals surface area contributed by atoms with Crippen LogP contribution >= 0.6 is 0 Å². The maximum Gasteiger partial charge on any atom is 0.319 e. The minimum atomic E-state index is -0.442. The van der Waals surface area contributed by atoms with Gasteiger partial charge >= 0.3 is 6.03 Å². The van der Waals surface area contributed by atoms with Crippen LogP contribution in [-0.2, 0) is 4.79 Å². The first kappa shape index (κ1) is 19.2. The van der Waals surface area contributed by atoms with Crippen LogP contribution in [0.5, 0.6) is 0 Å². The van der Waals surface area contributed by atoms with Crippen molar-refractivity contribution >= 4 is 23.4 Å². The molecule has 0 aliphatic carbocycles. The fourth-order valence-electron chi connectivity index (χ4n) is 2.41. The molecule has 2 aromatic carbocycles. The third-order valence-corrected chi connectivity index (χ3v) is 3.93. The average molecular weight is 353 g/mol. The van der Waals surface area contributed by atoms with Crippen molar-refractivity contribution < 1.29 is 14.4 Å². The highest BCUT2D eigenvalue weighted by Gasteiger charge is 2.19. The zero-order chi connectivity index (χ0) is 19.1. The van der Waals surface area contributed by atoms with E-state index in [-0.39, 0.29) is 18.1 Å². The van der Waals surface area contributed by atoms with Crippen molar-refractivity contribution in [2.24, 2.45) is 0 Å². The van der Waals surface area contributed by atoms with Crippen molar-refractivity contribution in [3.8, 4) is 0 Å². The van der Waals surface area contributed by atoms with Gasteiger partial charge in [0.2, 0.25) is 5.91 Å². The summed E-state index contributed by atoms with van der Waals surface area (Å²) in [5.74, 6) is -0.114. The van der Waals surface area contributed by atoms with E-state index in [1.165, 1.54) is 11.8 Å². The zero-order valence-electron chi connectivity index (χ0n) is 15.2. The van der Waals surface area contributed by atoms with E-state index in [1.54, 1.807) is 38.4 Å². The Morgan fingerprint density at radius 3 is 2.12 bits per heavy atom. The molecule has 136 valence electrons. The van der Waals surface area contributed by atoms with E-state index < -0.39 is 12.1 Å². The van der Waals surface area contributed by atoms with E-state index in [0.29, 0.717) is 11.3 Å². The van der Waals surface area contributed by atoms with Crippen LogP contribution in [-0.4, -0.2) is 36.7 Å². The van der Waals surface area contributed by atoms with Gasteiger partial charge in [-0.3, -0.25) is 9.59 Å². The van der Waals surface area contributed by atoms with Crippen molar-refractivity contribution in [2.75, 3.05) is 19.4 Å². The maximum atomic E-state index is 12.4. The molecule has 0 bridgehead atoms. The Morgan fingerprint density at radius 2 is 1.58 bits per heavy atom. The zero-order valence-corrected chi connectivity index (χ0v) is 15.2. The summed E-state index contributed by atoms with van der Waals surface area (Å²) in [4.78, 5) is 37.2. The lowest BCUT2D eigenvalue weighted by atomic mass is 10.0. The van der Waals surface area contributed by atoms with Crippen LogP contribution < -0.4 is 10.6 Å². The summed E-state index contributed by atoms with van der Waals surface area (Å²) < 4.78 is 0. The van der Waals surface area contributed by atoms with Crippen molar-refractivity contribution in [1.29, 1.82) is 0 Å². The maximum absolute atomic E-state index is 12.4. The lowest BCUT2D eigenvalue weighted by Gasteiger charge is -2.21. The van der Waals surface area contributed by atoms with Crippen molar-refractivity contribution in [2.45, 2.75) is 19.4 Å². The van der Waals surface area contributed by atoms with E-state index >= 15 is 0 Å². The third-order valence-electron chi connectivity index (χ3n) is 3.93. The van der Waals surface area contributed by atoms with Gasteiger partial charge in [0, 0.05) is 25.3 Å². The Labute approximate surface area is 153 Å². The summed E-state index contributed by atoms with van der Waals surface area (Å²) in [5.41, 5.74) is 2.00. The number of Topliss-reactive ketones (excluding diaryl/α,β-unsaturated/α-hetero) is 1. The molecule has 3 amide bonds. The standard InChI is InChI=1S/C20H23N3O3/c1-14(24)15-9-11-17(12-10-15)21-20(26)22-18(13-19(25)23(2)3)16-7-5-4-6-8-16/h4-12,18H,13H2,1-3H3,(H2,21,22,26)/t18-/m1/s1. The topological polar surface area (TPSA) is 78.5 Å². The second-order valence-corrected chi connectivity index (χ2v) is 6.19. The molecule has 1 atom stereocenters. The number of anilines is 1. The summed E-state index contributed by atoms with van der Waals surface area (Å²) >= 11 is 0. The Hall–Kier alpha value is -3.15. The molecule has 0 heterocycles. The fraction of sp³-hybridized carbons (Fsp3) is 0.250. The van der Waals surface area contributed by atoms with E-state index in [1.807, 2.05) is 30.3 Å². The summed E-state index contributed by atoms with van der Waals surface area (Å²) in [6, 6.07) is 15.1. The third kappa shape index (κ3) is 5.44. The highest BCUT2D eigenvalue weighted by atomic mass is 16.2. The molecular formula is C20H23N3O3. The molecule has 0 aromatic heterocycles. The van der Waals surface area contributed by atoms with Crippen LogP contribution in [0, 0.1) is 0 Å². The van der Waals surface area contributed by atoms with E-state index in [4.69, 9.17) is 0 Å². The summed E-state index contributed by atoms with van der Waals surface area (Å²) in [5, 5.41) is 5.56. The van der Waals surface area contributed by atoms with Gasteiger partial charge < -0.3 is 15.5 Å². The molecule has 0 spiro atoms. The quantitative estimate of drug-likeness (QED) is 0.783. The number of nitrogens with zero attached hydrogens (tertiary/aromatic N) is 1. The van der Waals surface area contributed by atoms with Crippen molar-refractivity contribution in [1.82, 2.24) is 10.2 Å². The predicted octanol–water partition coefficient (Wildman–Crippen LogP) is 3.23. The van der Waals surface area contributed by atoms with E-state index in [2.05, 4.69) is 10.6 Å². The monoisotopic (exact) mass is 353 g/mol. The summed E-state index contributed by atoms with van der Waals surface area (Å²) in [6.07, 6.45) is 0.160. The van der Waals surface area contributed by atoms with Gasteiger partial charge in [-0.05, 0) is 36.8 Å². The van der Waals surface area contributed by atoms with Crippen LogP contribution in [0.25, 0.3) is 0 Å². The lowest BCUT2D eigenvalue weighted by Crippen LogP contribution is -2.36. The molecule has 0 radical (unpaired) electrons. The fourth-order valence-corrected chi connectivity index (χ4v) is 2.41. The van der Waals surface area contributed by atoms with Crippen LogP contribution in [0.15, 0.2) is 54.6 Å². The molecule has 6 nitrogen and oxygen atoms in total. The number of nitrogens with one attached hydrogen (secondary N) is 2. The molecule has 0 saturated carbocycles. The summed E-state index contributed by atoms with van der Waals surface area (Å²) in [6.45, 7) is 1.49. The first-order valence-electron chi connectivity index (χ1n) is 8.30. The van der Waals surface area contributed by atoms with Crippen LogP contribution in [0.3, 0.4) is 0 Å². The molecule has 26 heavy (non-hydrogen) atoms. The predicted molar refractivity (Wildman–Crippen MR) is 101 cm³/mol. The molecule has 0 aliphatic heterocycles. The van der Waals surface area contributed by atoms with Gasteiger partial charge in [-0.25, -0.2) is 4.79 Å². The number of hydrogen-bond acceptors (Lipinski definition) is 3. The largest absolute Gasteiger partial charge is 0.349 e. The first-order valence-corrected chi connectivity index (χ1v) is 8.30. The minimum Gasteiger partial charge on any atom is -0.349 e. The van der Waals surface area contributed by atoms with Crippen LogP contribution in [0.2, 0.25) is 0 Å². The Bertz CT molecular complexity index is 771. The SMILES string of the molecule is CC(=O)c1ccc(NC(=O)N[C@H](CC(=O)N(C)C)c2ccccc2)cc1. The van der Waals surface area contributed by atoms with Gasteiger partial charge in [-0.1, -0.05) is 30.3 Å². The normalized spacial score (nSPS) is 11.3. The second kappa shape index (κ2) is 8.80. The highest BCUT2D eigenvalue weighted by molar-refractivity contribution is 5.95. The Morgan fingerprint density at radius 1 is 0.962 bits per heavy atom. The van der Waals surface area contributed by atoms with Gasteiger partial charge in [0.15, 0.2) is 5.78 Å². The molecule has 0 unspecified atom stereocenters. The first-order chi connectivity index (χ1) is 12.4. The average Bonchev–Trinajstić information content (AvgIpc) is 2.62. The van der Waals surface area contributed by atoms with Gasteiger partial charge in [-0.2, -0.15) is 0 Å². The van der Waals surface area contributed by atoms with Crippen LogP contribution in [0.4, 0.5) is 10.5 Å². The van der Waals surface area contributed by atoms with Gasteiger partial charge in [0.05, 0.1) is 12.5 Å². The van der Waals surface area contributed by atoms with Gasteiger partial charge in [0.1, 0.15) is 0 Å². The lowest BCUT2D eigenvalue weighted by molar-refractivity contribution is -0.129. The molecule has 6 heteroatoms. The number of rotatable bonds is 6. The van der Waals surface area contributed by atoms with Crippen molar-refractivity contribution in [3.63, 3.8) is 0 Å². The second-order valence-electron chi connectivity index (χ2n) is 6.19. The van der Waals surface area contributed by atoms with E-state index in [9.17, 15) is 14.4 Å². The molecule has 0 fully saturated rings. The number of ketones is 1. The van der Waals surface area contributed by atoms with Crippen LogP contribution in [0.1, 0.15) is 35.3 Å². The number of hydrogen-bond donors (Lipinski definition) is 2. The molecule has 2 aromatic rings. The Kier molecular flexibility index (Phi) is 6.49. The number of carbonyl (C=O) groups excluding carboxylic acids is 3. The van der Waals surface area contributed by atoms with Gasteiger partial charge in [0.25, 0.3) is 0 Å². The molecule has 2 rings (SSSR count). The number of benzene rings is 2. The molecule has 2 N–H and O–H groups in total. The highest BCUT2D eigenvalue weighted by Crippen LogP contribution is 2.18. The van der Waals surface area contributed by atoms with Gasteiger partial charge in [-0.15, -0.1) is 0 Å². The van der Waals surface area contributed by atoms with Crippen molar-refractivity contribution in [3.05, 3.63) is 65.7 Å². The number of carbonyl (C=O) groups is 3. The molecule has 0 saturated heterocycles. The number of urea groups is 1. The smallest absolute Gasteiger partial charge is 0.319 e. The molecular weight excluding hydrogens is 330 g/mol. The Balaban J connectivity index is 2.07. The minimum absolute atomic E-state index is 0.0349. The number of amides is 3.